The van der Waals surface area contributed by atoms with Gasteiger partial charge in [0.25, 0.3) is 0 Å². The minimum atomic E-state index is -0.205. The Morgan fingerprint density at radius 1 is 1.42 bits per heavy atom. The van der Waals surface area contributed by atoms with E-state index in [1.54, 1.807) is 0 Å². The van der Waals surface area contributed by atoms with Crippen LogP contribution in [-0.4, -0.2) is 36.9 Å². The molecule has 2 aromatic rings. The van der Waals surface area contributed by atoms with Gasteiger partial charge < -0.3 is 4.74 Å². The average Bonchev–Trinajstić information content (AvgIpc) is 2.84. The molecule has 0 spiro atoms. The minimum absolute atomic E-state index is 0.0225. The summed E-state index contributed by atoms with van der Waals surface area (Å²) < 4.78 is 7.02. The van der Waals surface area contributed by atoms with Crippen LogP contribution in [0.1, 0.15) is 24.9 Å². The Balaban J connectivity index is 1.96. The molecule has 2 aromatic heterocycles. The van der Waals surface area contributed by atoms with E-state index < -0.39 is 0 Å². The van der Waals surface area contributed by atoms with Crippen molar-refractivity contribution in [1.82, 2.24) is 19.6 Å². The van der Waals surface area contributed by atoms with Crippen LogP contribution in [0.2, 0.25) is 0 Å². The van der Waals surface area contributed by atoms with E-state index >= 15 is 0 Å². The SMILES string of the molecule is Cc1cc2nnc(S[C@@H]3C[C@@H](C)OC3=O)n2c(C)n1. The molecule has 100 valence electrons. The second-order valence-electron chi connectivity index (χ2n) is 4.71. The van der Waals surface area contributed by atoms with E-state index in [2.05, 4.69) is 15.2 Å². The number of esters is 1. The van der Waals surface area contributed by atoms with Crippen molar-refractivity contribution < 1.29 is 9.53 Å². The molecule has 0 amide bonds. The highest BCUT2D eigenvalue weighted by Gasteiger charge is 2.34. The third kappa shape index (κ3) is 2.18. The molecule has 3 rings (SSSR count). The molecule has 6 nitrogen and oxygen atoms in total. The first-order valence-electron chi connectivity index (χ1n) is 6.11. The number of nitrogens with zero attached hydrogens (tertiary/aromatic N) is 4. The van der Waals surface area contributed by atoms with Crippen LogP contribution >= 0.6 is 11.8 Å². The zero-order valence-corrected chi connectivity index (χ0v) is 11.8. The fourth-order valence-electron chi connectivity index (χ4n) is 2.22. The maximum absolute atomic E-state index is 11.7. The van der Waals surface area contributed by atoms with Gasteiger partial charge in [0.15, 0.2) is 10.8 Å². The summed E-state index contributed by atoms with van der Waals surface area (Å²) in [5, 5.41) is 8.76. The third-order valence-corrected chi connectivity index (χ3v) is 4.18. The minimum Gasteiger partial charge on any atom is -0.462 e. The Morgan fingerprint density at radius 2 is 2.21 bits per heavy atom. The lowest BCUT2D eigenvalue weighted by Crippen LogP contribution is -2.10. The topological polar surface area (TPSA) is 69.4 Å². The van der Waals surface area contributed by atoms with Gasteiger partial charge in [-0.3, -0.25) is 9.20 Å². The first-order valence-corrected chi connectivity index (χ1v) is 6.99. The lowest BCUT2D eigenvalue weighted by atomic mass is 10.3. The molecule has 0 radical (unpaired) electrons. The third-order valence-electron chi connectivity index (χ3n) is 3.03. The number of cyclic esters (lactones) is 1. The number of hydrogen-bond donors (Lipinski definition) is 0. The van der Waals surface area contributed by atoms with E-state index in [9.17, 15) is 4.79 Å². The predicted octanol–water partition coefficient (Wildman–Crippen LogP) is 1.54. The summed E-state index contributed by atoms with van der Waals surface area (Å²) in [5.41, 5.74) is 1.66. The largest absolute Gasteiger partial charge is 0.462 e. The molecule has 2 atom stereocenters. The van der Waals surface area contributed by atoms with Gasteiger partial charge in [-0.2, -0.15) is 0 Å². The van der Waals surface area contributed by atoms with E-state index in [4.69, 9.17) is 4.74 Å². The van der Waals surface area contributed by atoms with Crippen molar-refractivity contribution in [3.63, 3.8) is 0 Å². The maximum atomic E-state index is 11.7. The molecule has 1 aliphatic heterocycles. The number of aryl methyl sites for hydroxylation is 2. The maximum Gasteiger partial charge on any atom is 0.319 e. The number of rotatable bonds is 2. The molecule has 1 saturated heterocycles. The highest BCUT2D eigenvalue weighted by atomic mass is 32.2. The van der Waals surface area contributed by atoms with Crippen molar-refractivity contribution in [3.8, 4) is 0 Å². The molecule has 19 heavy (non-hydrogen) atoms. The second kappa shape index (κ2) is 4.48. The Kier molecular flexibility index (Phi) is 2.93. The average molecular weight is 278 g/mol. The molecule has 3 heterocycles. The number of carbonyl (C=O) groups is 1. The van der Waals surface area contributed by atoms with Crippen LogP contribution in [0.5, 0.6) is 0 Å². The quantitative estimate of drug-likeness (QED) is 0.776. The first kappa shape index (κ1) is 12.4. The Morgan fingerprint density at radius 3 is 2.89 bits per heavy atom. The van der Waals surface area contributed by atoms with Gasteiger partial charge in [0.2, 0.25) is 0 Å². The van der Waals surface area contributed by atoms with E-state index in [1.807, 2.05) is 31.2 Å². The van der Waals surface area contributed by atoms with E-state index in [1.165, 1.54) is 11.8 Å². The van der Waals surface area contributed by atoms with Gasteiger partial charge in [-0.25, -0.2) is 4.98 Å². The highest BCUT2D eigenvalue weighted by Crippen LogP contribution is 2.31. The van der Waals surface area contributed by atoms with Crippen molar-refractivity contribution in [2.45, 2.75) is 43.7 Å². The molecule has 0 aliphatic carbocycles. The fourth-order valence-corrected chi connectivity index (χ4v) is 3.42. The van der Waals surface area contributed by atoms with Crippen LogP contribution in [0.15, 0.2) is 11.2 Å². The number of aromatic nitrogens is 4. The summed E-state index contributed by atoms with van der Waals surface area (Å²) in [5.74, 6) is 0.647. The van der Waals surface area contributed by atoms with Crippen molar-refractivity contribution in [2.75, 3.05) is 0 Å². The summed E-state index contributed by atoms with van der Waals surface area (Å²) in [6.07, 6.45) is 0.683. The Bertz CT molecular complexity index is 654. The van der Waals surface area contributed by atoms with Crippen LogP contribution in [0.25, 0.3) is 5.65 Å². The van der Waals surface area contributed by atoms with Crippen molar-refractivity contribution in [3.05, 3.63) is 17.6 Å². The molecular weight excluding hydrogens is 264 g/mol. The van der Waals surface area contributed by atoms with Crippen molar-refractivity contribution >= 4 is 23.4 Å². The van der Waals surface area contributed by atoms with Gasteiger partial charge in [0, 0.05) is 18.2 Å². The smallest absolute Gasteiger partial charge is 0.319 e. The summed E-state index contributed by atoms with van der Waals surface area (Å²) in [6.45, 7) is 5.73. The fraction of sp³-hybridized carbons (Fsp3) is 0.500. The normalized spacial score (nSPS) is 23.0. The summed E-state index contributed by atoms with van der Waals surface area (Å²) >= 11 is 1.39. The molecular formula is C12H14N4O2S. The highest BCUT2D eigenvalue weighted by molar-refractivity contribution is 8.00. The van der Waals surface area contributed by atoms with Crippen molar-refractivity contribution in [1.29, 1.82) is 0 Å². The van der Waals surface area contributed by atoms with Gasteiger partial charge in [-0.1, -0.05) is 11.8 Å². The Hall–Kier alpha value is -1.63. The molecule has 0 bridgehead atoms. The molecule has 1 fully saturated rings. The molecule has 0 unspecified atom stereocenters. The number of carbonyl (C=O) groups excluding carboxylic acids is 1. The Labute approximate surface area is 114 Å². The van der Waals surface area contributed by atoms with E-state index in [0.29, 0.717) is 11.6 Å². The van der Waals surface area contributed by atoms with Gasteiger partial charge in [-0.05, 0) is 20.8 Å². The summed E-state index contributed by atoms with van der Waals surface area (Å²) in [4.78, 5) is 16.1. The van der Waals surface area contributed by atoms with Gasteiger partial charge in [0.05, 0.1) is 0 Å². The molecule has 0 aromatic carbocycles. The first-order chi connectivity index (χ1) is 9.04. The van der Waals surface area contributed by atoms with Crippen LogP contribution < -0.4 is 0 Å². The summed E-state index contributed by atoms with van der Waals surface area (Å²) in [7, 11) is 0. The van der Waals surface area contributed by atoms with E-state index in [-0.39, 0.29) is 17.3 Å². The van der Waals surface area contributed by atoms with Gasteiger partial charge in [-0.15, -0.1) is 10.2 Å². The molecule has 1 aliphatic rings. The number of ether oxygens (including phenoxy) is 1. The second-order valence-corrected chi connectivity index (χ2v) is 5.88. The zero-order valence-electron chi connectivity index (χ0n) is 11.0. The van der Waals surface area contributed by atoms with E-state index in [0.717, 1.165) is 17.2 Å². The lowest BCUT2D eigenvalue weighted by Gasteiger charge is -2.05. The molecule has 7 heteroatoms. The lowest BCUT2D eigenvalue weighted by molar-refractivity contribution is -0.140. The standard InChI is InChI=1S/C12H14N4O2S/c1-6-4-10-14-15-12(16(10)8(3)13-6)19-9-5-7(2)18-11(9)17/h4,7,9H,5H2,1-3H3/t7-,9-/m1/s1. The van der Waals surface area contributed by atoms with Crippen LogP contribution in [0.3, 0.4) is 0 Å². The van der Waals surface area contributed by atoms with Gasteiger partial charge in [0.1, 0.15) is 17.2 Å². The molecule has 0 saturated carbocycles. The zero-order chi connectivity index (χ0) is 13.6. The van der Waals surface area contributed by atoms with Crippen LogP contribution in [-0.2, 0) is 9.53 Å². The van der Waals surface area contributed by atoms with Crippen LogP contribution in [0, 0.1) is 13.8 Å². The molecule has 0 N–H and O–H groups in total. The predicted molar refractivity (Wildman–Crippen MR) is 70.1 cm³/mol. The number of thioether (sulfide) groups is 1. The monoisotopic (exact) mass is 278 g/mol. The van der Waals surface area contributed by atoms with Gasteiger partial charge >= 0.3 is 5.97 Å². The summed E-state index contributed by atoms with van der Waals surface area (Å²) in [6, 6.07) is 1.87. The van der Waals surface area contributed by atoms with Crippen molar-refractivity contribution in [2.24, 2.45) is 0 Å². The number of hydrogen-bond acceptors (Lipinski definition) is 6. The van der Waals surface area contributed by atoms with Crippen LogP contribution in [0.4, 0.5) is 0 Å². The number of fused-ring (bicyclic) bond motifs is 1.